The zero-order valence-electron chi connectivity index (χ0n) is 11.3. The quantitative estimate of drug-likeness (QED) is 0.732. The Labute approximate surface area is 121 Å². The molecule has 3 heterocycles. The highest BCUT2D eigenvalue weighted by atomic mass is 32.1. The summed E-state index contributed by atoms with van der Waals surface area (Å²) in [6.07, 6.45) is 7.52. The molecule has 0 saturated carbocycles. The van der Waals surface area contributed by atoms with Crippen molar-refractivity contribution in [2.24, 2.45) is 0 Å². The highest BCUT2D eigenvalue weighted by molar-refractivity contribution is 7.13. The zero-order valence-corrected chi connectivity index (χ0v) is 12.1. The summed E-state index contributed by atoms with van der Waals surface area (Å²) in [6.45, 7) is 3.89. The molecule has 20 heavy (non-hydrogen) atoms. The fraction of sp³-hybridized carbons (Fsp3) is 0.286. The molecule has 0 aromatic carbocycles. The molecule has 0 radical (unpaired) electrons. The third-order valence-corrected chi connectivity index (χ3v) is 4.06. The minimum absolute atomic E-state index is 0.371. The van der Waals surface area contributed by atoms with Gasteiger partial charge in [0.15, 0.2) is 0 Å². The van der Waals surface area contributed by atoms with Crippen LogP contribution in [0.1, 0.15) is 12.5 Å². The first-order chi connectivity index (χ1) is 9.83. The summed E-state index contributed by atoms with van der Waals surface area (Å²) in [6, 6.07) is 4.53. The molecule has 0 aliphatic carbocycles. The van der Waals surface area contributed by atoms with Gasteiger partial charge in [-0.3, -0.25) is 5.10 Å². The van der Waals surface area contributed by atoms with Gasteiger partial charge in [0.2, 0.25) is 0 Å². The molecule has 3 aromatic heterocycles. The first kappa shape index (κ1) is 13.1. The molecule has 0 saturated heterocycles. The van der Waals surface area contributed by atoms with Crippen molar-refractivity contribution < 1.29 is 0 Å². The van der Waals surface area contributed by atoms with E-state index < -0.39 is 0 Å². The topological polar surface area (TPSA) is 58.5 Å². The first-order valence-electron chi connectivity index (χ1n) is 6.58. The van der Waals surface area contributed by atoms with Crippen LogP contribution in [-0.4, -0.2) is 25.8 Å². The van der Waals surface area contributed by atoms with Crippen LogP contribution in [0.2, 0.25) is 0 Å². The number of hydrogen-bond donors (Lipinski definition) is 2. The van der Waals surface area contributed by atoms with Gasteiger partial charge in [-0.1, -0.05) is 6.07 Å². The summed E-state index contributed by atoms with van der Waals surface area (Å²) in [4.78, 5) is 5.28. The fourth-order valence-corrected chi connectivity index (χ4v) is 2.89. The van der Waals surface area contributed by atoms with Crippen LogP contribution >= 0.6 is 11.3 Å². The lowest BCUT2D eigenvalue weighted by molar-refractivity contribution is 0.476. The monoisotopic (exact) mass is 287 g/mol. The number of rotatable bonds is 6. The molecule has 104 valence electrons. The van der Waals surface area contributed by atoms with Gasteiger partial charge >= 0.3 is 0 Å². The van der Waals surface area contributed by atoms with Gasteiger partial charge in [0.1, 0.15) is 0 Å². The standard InChI is InChI=1S/C14H17N5S/c1-11(9-19-5-4-15-10-19)16-7-12-8-17-18-14(12)13-3-2-6-20-13/h2-6,8,10-11,16H,7,9H2,1H3,(H,17,18). The molecule has 0 amide bonds. The molecule has 2 N–H and O–H groups in total. The average Bonchev–Trinajstić information content (AvgIpc) is 3.18. The number of aromatic amines is 1. The minimum Gasteiger partial charge on any atom is -0.336 e. The van der Waals surface area contributed by atoms with Crippen molar-refractivity contribution in [3.63, 3.8) is 0 Å². The van der Waals surface area contributed by atoms with Gasteiger partial charge < -0.3 is 9.88 Å². The van der Waals surface area contributed by atoms with Crippen LogP contribution in [0.4, 0.5) is 0 Å². The highest BCUT2D eigenvalue weighted by Gasteiger charge is 2.10. The molecule has 0 aliphatic heterocycles. The van der Waals surface area contributed by atoms with Crippen molar-refractivity contribution >= 4 is 11.3 Å². The van der Waals surface area contributed by atoms with E-state index in [1.807, 2.05) is 18.7 Å². The number of hydrogen-bond acceptors (Lipinski definition) is 4. The van der Waals surface area contributed by atoms with Crippen LogP contribution in [0, 0.1) is 0 Å². The number of nitrogens with zero attached hydrogens (tertiary/aromatic N) is 3. The Morgan fingerprint density at radius 1 is 1.50 bits per heavy atom. The smallest absolute Gasteiger partial charge is 0.0946 e. The van der Waals surface area contributed by atoms with Crippen LogP contribution < -0.4 is 5.32 Å². The maximum atomic E-state index is 4.16. The third-order valence-electron chi connectivity index (χ3n) is 3.17. The van der Waals surface area contributed by atoms with Crippen LogP contribution in [0.5, 0.6) is 0 Å². The summed E-state index contributed by atoms with van der Waals surface area (Å²) >= 11 is 1.72. The second-order valence-corrected chi connectivity index (χ2v) is 5.74. The predicted molar refractivity (Wildman–Crippen MR) is 80.4 cm³/mol. The van der Waals surface area contributed by atoms with Gasteiger partial charge in [0, 0.05) is 37.1 Å². The van der Waals surface area contributed by atoms with Crippen LogP contribution in [-0.2, 0) is 13.1 Å². The Bertz CT molecular complexity index is 626. The maximum Gasteiger partial charge on any atom is 0.0946 e. The molecule has 1 unspecified atom stereocenters. The highest BCUT2D eigenvalue weighted by Crippen LogP contribution is 2.25. The molecule has 6 heteroatoms. The van der Waals surface area contributed by atoms with Crippen molar-refractivity contribution in [2.45, 2.75) is 26.1 Å². The SMILES string of the molecule is CC(Cn1ccnc1)NCc1cn[nH]c1-c1cccs1. The van der Waals surface area contributed by atoms with E-state index in [1.54, 1.807) is 17.5 Å². The molecular formula is C14H17N5S. The molecule has 0 aliphatic rings. The predicted octanol–water partition coefficient (Wildman–Crippen LogP) is 2.51. The Balaban J connectivity index is 1.60. The van der Waals surface area contributed by atoms with Crippen molar-refractivity contribution in [1.82, 2.24) is 25.1 Å². The van der Waals surface area contributed by atoms with E-state index in [2.05, 4.69) is 49.5 Å². The van der Waals surface area contributed by atoms with Crippen molar-refractivity contribution in [1.29, 1.82) is 0 Å². The Morgan fingerprint density at radius 3 is 3.20 bits per heavy atom. The third kappa shape index (κ3) is 2.97. The summed E-state index contributed by atoms with van der Waals surface area (Å²) < 4.78 is 2.08. The molecule has 0 spiro atoms. The molecule has 3 aromatic rings. The number of thiophene rings is 1. The van der Waals surface area contributed by atoms with E-state index in [0.717, 1.165) is 18.8 Å². The van der Waals surface area contributed by atoms with E-state index in [1.165, 1.54) is 10.4 Å². The summed E-state index contributed by atoms with van der Waals surface area (Å²) in [5, 5.41) is 12.8. The normalized spacial score (nSPS) is 12.7. The molecule has 0 bridgehead atoms. The maximum absolute atomic E-state index is 4.16. The Kier molecular flexibility index (Phi) is 3.94. The van der Waals surface area contributed by atoms with Crippen LogP contribution in [0.25, 0.3) is 10.6 Å². The van der Waals surface area contributed by atoms with E-state index in [0.29, 0.717) is 6.04 Å². The second-order valence-electron chi connectivity index (χ2n) is 4.79. The first-order valence-corrected chi connectivity index (χ1v) is 7.46. The molecular weight excluding hydrogens is 270 g/mol. The van der Waals surface area contributed by atoms with Gasteiger partial charge in [-0.2, -0.15) is 5.10 Å². The van der Waals surface area contributed by atoms with E-state index >= 15 is 0 Å². The number of H-pyrrole nitrogens is 1. The van der Waals surface area contributed by atoms with Gasteiger partial charge in [0.05, 0.1) is 23.1 Å². The van der Waals surface area contributed by atoms with Gasteiger partial charge in [-0.05, 0) is 18.4 Å². The lowest BCUT2D eigenvalue weighted by atomic mass is 10.2. The average molecular weight is 287 g/mol. The number of nitrogens with one attached hydrogen (secondary N) is 2. The van der Waals surface area contributed by atoms with Crippen molar-refractivity contribution in [2.75, 3.05) is 0 Å². The van der Waals surface area contributed by atoms with Crippen molar-refractivity contribution in [3.8, 4) is 10.6 Å². The summed E-state index contributed by atoms with van der Waals surface area (Å²) in [7, 11) is 0. The minimum atomic E-state index is 0.371. The van der Waals surface area contributed by atoms with E-state index in [4.69, 9.17) is 0 Å². The lowest BCUT2D eigenvalue weighted by Crippen LogP contribution is -2.29. The Hall–Kier alpha value is -1.92. The fourth-order valence-electron chi connectivity index (χ4n) is 2.14. The molecule has 5 nitrogen and oxygen atoms in total. The van der Waals surface area contributed by atoms with Gasteiger partial charge in [0.25, 0.3) is 0 Å². The Morgan fingerprint density at radius 2 is 2.45 bits per heavy atom. The van der Waals surface area contributed by atoms with E-state index in [-0.39, 0.29) is 0 Å². The second kappa shape index (κ2) is 6.02. The van der Waals surface area contributed by atoms with Crippen molar-refractivity contribution in [3.05, 3.63) is 48.0 Å². The van der Waals surface area contributed by atoms with Crippen LogP contribution in [0.15, 0.2) is 42.4 Å². The van der Waals surface area contributed by atoms with Gasteiger partial charge in [-0.15, -0.1) is 11.3 Å². The molecule has 1 atom stereocenters. The van der Waals surface area contributed by atoms with Gasteiger partial charge in [-0.25, -0.2) is 4.98 Å². The summed E-state index contributed by atoms with van der Waals surface area (Å²) in [5.41, 5.74) is 2.31. The molecule has 0 fully saturated rings. The molecule has 3 rings (SSSR count). The number of aromatic nitrogens is 4. The van der Waals surface area contributed by atoms with E-state index in [9.17, 15) is 0 Å². The summed E-state index contributed by atoms with van der Waals surface area (Å²) in [5.74, 6) is 0. The lowest BCUT2D eigenvalue weighted by Gasteiger charge is -2.14. The zero-order chi connectivity index (χ0) is 13.8. The number of imidazole rings is 1. The van der Waals surface area contributed by atoms with Crippen LogP contribution in [0.3, 0.4) is 0 Å². The largest absolute Gasteiger partial charge is 0.336 e.